The van der Waals surface area contributed by atoms with Gasteiger partial charge in [-0.3, -0.25) is 9.10 Å². The summed E-state index contributed by atoms with van der Waals surface area (Å²) in [6.07, 6.45) is 0. The molecule has 0 fully saturated rings. The van der Waals surface area contributed by atoms with E-state index in [0.717, 1.165) is 4.31 Å². The molecule has 3 rings (SSSR count). The number of carbonyl (C=O) groups is 2. The number of sulfonamides is 1. The van der Waals surface area contributed by atoms with Crippen LogP contribution >= 0.6 is 0 Å². The van der Waals surface area contributed by atoms with Crippen LogP contribution in [-0.2, 0) is 19.6 Å². The van der Waals surface area contributed by atoms with E-state index in [1.807, 2.05) is 0 Å². The van der Waals surface area contributed by atoms with Crippen molar-refractivity contribution in [3.05, 3.63) is 83.9 Å². The van der Waals surface area contributed by atoms with Crippen molar-refractivity contribution in [2.24, 2.45) is 0 Å². The van der Waals surface area contributed by atoms with Crippen molar-refractivity contribution < 1.29 is 27.5 Å². The van der Waals surface area contributed by atoms with Crippen LogP contribution in [0.15, 0.2) is 77.7 Å². The normalized spacial score (nSPS) is 10.9. The molecule has 0 aliphatic carbocycles. The standard InChI is InChI=1S/C26H28N2O6S/c1-4-33-24-14-10-9-13-23(24)28(35(31,32)21-11-7-6-8-12-21)18-25(29)27-22-17-20(16-15-19(22)3)26(30)34-5-2/h6-17H,4-5,18H2,1-3H3,(H,27,29). The number of aryl methyl sites for hydroxylation is 1. The third-order valence-corrected chi connectivity index (χ3v) is 6.85. The molecule has 3 aromatic carbocycles. The Hall–Kier alpha value is -3.85. The lowest BCUT2D eigenvalue weighted by Crippen LogP contribution is -2.38. The Morgan fingerprint density at radius 2 is 1.60 bits per heavy atom. The van der Waals surface area contributed by atoms with Gasteiger partial charge in [-0.1, -0.05) is 36.4 Å². The first-order valence-electron chi connectivity index (χ1n) is 11.1. The second-order valence-corrected chi connectivity index (χ2v) is 9.39. The number of ether oxygens (including phenoxy) is 2. The van der Waals surface area contributed by atoms with Crippen LogP contribution in [0.5, 0.6) is 5.75 Å². The van der Waals surface area contributed by atoms with E-state index in [0.29, 0.717) is 23.6 Å². The minimum Gasteiger partial charge on any atom is -0.492 e. The number of nitrogens with one attached hydrogen (secondary N) is 1. The first-order chi connectivity index (χ1) is 16.8. The van der Waals surface area contributed by atoms with E-state index in [9.17, 15) is 18.0 Å². The van der Waals surface area contributed by atoms with Crippen LogP contribution in [0.4, 0.5) is 11.4 Å². The summed E-state index contributed by atoms with van der Waals surface area (Å²) in [7, 11) is -4.10. The van der Waals surface area contributed by atoms with Crippen LogP contribution in [0.1, 0.15) is 29.8 Å². The Morgan fingerprint density at radius 1 is 0.914 bits per heavy atom. The molecule has 0 aliphatic rings. The molecule has 8 nitrogen and oxygen atoms in total. The van der Waals surface area contributed by atoms with Crippen molar-refractivity contribution in [1.29, 1.82) is 0 Å². The van der Waals surface area contributed by atoms with Crippen LogP contribution in [0.25, 0.3) is 0 Å². The van der Waals surface area contributed by atoms with E-state index >= 15 is 0 Å². The number of benzene rings is 3. The van der Waals surface area contributed by atoms with Crippen molar-refractivity contribution in [3.63, 3.8) is 0 Å². The van der Waals surface area contributed by atoms with Gasteiger partial charge in [-0.05, 0) is 62.7 Å². The molecule has 0 heterocycles. The van der Waals surface area contributed by atoms with Crippen molar-refractivity contribution in [3.8, 4) is 5.75 Å². The van der Waals surface area contributed by atoms with Gasteiger partial charge in [-0.25, -0.2) is 13.2 Å². The zero-order chi connectivity index (χ0) is 25.4. The molecule has 1 amide bonds. The van der Waals surface area contributed by atoms with Gasteiger partial charge in [0.25, 0.3) is 10.0 Å². The summed E-state index contributed by atoms with van der Waals surface area (Å²) < 4.78 is 38.9. The number of anilines is 2. The second-order valence-electron chi connectivity index (χ2n) is 7.52. The third-order valence-electron chi connectivity index (χ3n) is 5.07. The number of para-hydroxylation sites is 2. The average molecular weight is 497 g/mol. The van der Waals surface area contributed by atoms with Gasteiger partial charge in [0, 0.05) is 5.69 Å². The monoisotopic (exact) mass is 496 g/mol. The van der Waals surface area contributed by atoms with Gasteiger partial charge in [0.05, 0.1) is 29.4 Å². The lowest BCUT2D eigenvalue weighted by Gasteiger charge is -2.26. The predicted octanol–water partition coefficient (Wildman–Crippen LogP) is 4.40. The van der Waals surface area contributed by atoms with E-state index in [-0.39, 0.29) is 22.8 Å². The Kier molecular flexibility index (Phi) is 8.48. The lowest BCUT2D eigenvalue weighted by atomic mass is 10.1. The van der Waals surface area contributed by atoms with Crippen LogP contribution in [0.3, 0.4) is 0 Å². The highest BCUT2D eigenvalue weighted by Gasteiger charge is 2.29. The average Bonchev–Trinajstić information content (AvgIpc) is 2.85. The molecule has 0 atom stereocenters. The fourth-order valence-electron chi connectivity index (χ4n) is 3.38. The summed E-state index contributed by atoms with van der Waals surface area (Å²) in [6, 6.07) is 19.3. The van der Waals surface area contributed by atoms with E-state index in [1.54, 1.807) is 75.4 Å². The number of rotatable bonds is 10. The quantitative estimate of drug-likeness (QED) is 0.417. The zero-order valence-electron chi connectivity index (χ0n) is 19.9. The first-order valence-corrected chi connectivity index (χ1v) is 12.6. The van der Waals surface area contributed by atoms with Crippen LogP contribution < -0.4 is 14.4 Å². The van der Waals surface area contributed by atoms with Crippen molar-refractivity contribution in [2.45, 2.75) is 25.7 Å². The maximum Gasteiger partial charge on any atom is 0.338 e. The molecular weight excluding hydrogens is 468 g/mol. The Morgan fingerprint density at radius 3 is 2.29 bits per heavy atom. The molecule has 0 saturated heterocycles. The van der Waals surface area contributed by atoms with Crippen molar-refractivity contribution >= 4 is 33.3 Å². The summed E-state index contributed by atoms with van der Waals surface area (Å²) in [5, 5.41) is 2.73. The topological polar surface area (TPSA) is 102 Å². The van der Waals surface area contributed by atoms with Crippen LogP contribution in [0.2, 0.25) is 0 Å². The maximum atomic E-state index is 13.6. The van der Waals surface area contributed by atoms with Gasteiger partial charge in [0.1, 0.15) is 12.3 Å². The molecule has 9 heteroatoms. The van der Waals surface area contributed by atoms with Gasteiger partial charge >= 0.3 is 5.97 Å². The van der Waals surface area contributed by atoms with E-state index in [1.165, 1.54) is 18.2 Å². The molecule has 0 aliphatic heterocycles. The molecule has 0 saturated carbocycles. The van der Waals surface area contributed by atoms with Gasteiger partial charge in [-0.15, -0.1) is 0 Å². The minimum atomic E-state index is -4.10. The van der Waals surface area contributed by atoms with Crippen LogP contribution in [0, 0.1) is 6.92 Å². The van der Waals surface area contributed by atoms with Crippen molar-refractivity contribution in [1.82, 2.24) is 0 Å². The lowest BCUT2D eigenvalue weighted by molar-refractivity contribution is -0.114. The van der Waals surface area contributed by atoms with Crippen molar-refractivity contribution in [2.75, 3.05) is 29.4 Å². The molecule has 0 bridgehead atoms. The smallest absolute Gasteiger partial charge is 0.338 e. The van der Waals surface area contributed by atoms with Gasteiger partial charge in [0.2, 0.25) is 5.91 Å². The number of esters is 1. The van der Waals surface area contributed by atoms with E-state index in [2.05, 4.69) is 5.32 Å². The number of carbonyl (C=O) groups excluding carboxylic acids is 2. The Labute approximate surface area is 205 Å². The number of hydrogen-bond donors (Lipinski definition) is 1. The molecule has 3 aromatic rings. The molecular formula is C26H28N2O6S. The fraction of sp³-hybridized carbons (Fsp3) is 0.231. The van der Waals surface area contributed by atoms with Gasteiger partial charge in [0.15, 0.2) is 0 Å². The van der Waals surface area contributed by atoms with Crippen LogP contribution in [-0.4, -0.2) is 40.1 Å². The van der Waals surface area contributed by atoms with Gasteiger partial charge in [-0.2, -0.15) is 0 Å². The summed E-state index contributed by atoms with van der Waals surface area (Å²) in [5.74, 6) is -0.760. The highest BCUT2D eigenvalue weighted by Crippen LogP contribution is 2.32. The third kappa shape index (κ3) is 6.19. The molecule has 1 N–H and O–H groups in total. The SMILES string of the molecule is CCOC(=O)c1ccc(C)c(NC(=O)CN(c2ccccc2OCC)S(=O)(=O)c2ccccc2)c1. The van der Waals surface area contributed by atoms with E-state index in [4.69, 9.17) is 9.47 Å². The summed E-state index contributed by atoms with van der Waals surface area (Å²) in [6.45, 7) is 5.30. The highest BCUT2D eigenvalue weighted by molar-refractivity contribution is 7.92. The molecule has 35 heavy (non-hydrogen) atoms. The number of nitrogens with zero attached hydrogens (tertiary/aromatic N) is 1. The first kappa shape index (κ1) is 25.8. The molecule has 0 radical (unpaired) electrons. The molecule has 0 aromatic heterocycles. The highest BCUT2D eigenvalue weighted by atomic mass is 32.2. The summed E-state index contributed by atoms with van der Waals surface area (Å²) >= 11 is 0. The molecule has 0 unspecified atom stereocenters. The molecule has 0 spiro atoms. The van der Waals surface area contributed by atoms with E-state index < -0.39 is 28.4 Å². The predicted molar refractivity (Wildman–Crippen MR) is 134 cm³/mol. The fourth-order valence-corrected chi connectivity index (χ4v) is 4.83. The summed E-state index contributed by atoms with van der Waals surface area (Å²) in [4.78, 5) is 25.3. The molecule has 184 valence electrons. The second kappa shape index (κ2) is 11.5. The maximum absolute atomic E-state index is 13.6. The number of hydrogen-bond acceptors (Lipinski definition) is 6. The largest absolute Gasteiger partial charge is 0.492 e. The van der Waals surface area contributed by atoms with Gasteiger partial charge < -0.3 is 14.8 Å². The Bertz CT molecular complexity index is 1290. The minimum absolute atomic E-state index is 0.0413. The Balaban J connectivity index is 1.97. The zero-order valence-corrected chi connectivity index (χ0v) is 20.7. The number of amides is 1. The summed E-state index contributed by atoms with van der Waals surface area (Å²) in [5.41, 5.74) is 1.61.